The second-order valence-corrected chi connectivity index (χ2v) is 11.3. The molecule has 3 aliphatic carbocycles. The van der Waals surface area contributed by atoms with Crippen LogP contribution in [0.15, 0.2) is 35.5 Å². The number of hydrogen-bond donors (Lipinski definition) is 2. The second-order valence-electron chi connectivity index (χ2n) is 11.3. The molecule has 180 valence electrons. The molecule has 0 spiro atoms. The summed E-state index contributed by atoms with van der Waals surface area (Å²) in [5.41, 5.74) is 2.64. The van der Waals surface area contributed by atoms with Crippen LogP contribution in [0.5, 0.6) is 0 Å². The zero-order chi connectivity index (χ0) is 23.7. The molecule has 5 atom stereocenters. The van der Waals surface area contributed by atoms with Crippen molar-refractivity contribution >= 4 is 5.97 Å². The van der Waals surface area contributed by atoms with Gasteiger partial charge in [-0.3, -0.25) is 0 Å². The van der Waals surface area contributed by atoms with Crippen molar-refractivity contribution in [2.24, 2.45) is 17.3 Å². The first-order chi connectivity index (χ1) is 14.9. The number of allylic oxidation sites excluding steroid dienone is 3. The number of fused-ring (bicyclic) bond motifs is 1. The van der Waals surface area contributed by atoms with Gasteiger partial charge in [0, 0.05) is 12.8 Å². The first-order valence-electron chi connectivity index (χ1n) is 12.2. The molecule has 2 N–H and O–H groups in total. The van der Waals surface area contributed by atoms with E-state index in [9.17, 15) is 15.0 Å². The van der Waals surface area contributed by atoms with Gasteiger partial charge in [0.05, 0.1) is 6.10 Å². The highest BCUT2D eigenvalue weighted by atomic mass is 16.6. The standard InChI is InChI=1S/C27H42O5/c1-7-21-12-13-22-19(9-8-14-26(21,22)6)10-11-20-15-27(30,16-23(28)18(20)2)31-17-24(29)32-25(3,4)5/h10-11,21-23,28,30H,2,7-9,12-17H2,1,3-6H3/t21-,22-,23?,26+,27-/m0/s1. The van der Waals surface area contributed by atoms with Crippen LogP contribution in [0.3, 0.4) is 0 Å². The number of rotatable bonds is 5. The molecule has 1 unspecified atom stereocenters. The summed E-state index contributed by atoms with van der Waals surface area (Å²) in [5, 5.41) is 21.5. The predicted molar refractivity (Wildman–Crippen MR) is 126 cm³/mol. The van der Waals surface area contributed by atoms with E-state index in [1.807, 2.05) is 6.08 Å². The zero-order valence-electron chi connectivity index (χ0n) is 20.6. The van der Waals surface area contributed by atoms with Gasteiger partial charge in [0.15, 0.2) is 5.79 Å². The SMILES string of the molecule is C=C1C(=CC=C2CCC[C@]3(C)[C@@H](CC)CC[C@@H]23)C[C@](O)(OCC(=O)OC(C)(C)C)CC1O. The average molecular weight is 447 g/mol. The van der Waals surface area contributed by atoms with Crippen LogP contribution >= 0.6 is 0 Å². The Bertz CT molecular complexity index is 788. The molecule has 3 aliphatic rings. The van der Waals surface area contributed by atoms with Crippen LogP contribution in [0.4, 0.5) is 0 Å². The predicted octanol–water partition coefficient (Wildman–Crippen LogP) is 5.22. The largest absolute Gasteiger partial charge is 0.458 e. The van der Waals surface area contributed by atoms with Gasteiger partial charge in [-0.1, -0.05) is 44.6 Å². The van der Waals surface area contributed by atoms with Crippen LogP contribution in [0.25, 0.3) is 0 Å². The van der Waals surface area contributed by atoms with Crippen LogP contribution < -0.4 is 0 Å². The van der Waals surface area contributed by atoms with Crippen molar-refractivity contribution in [1.82, 2.24) is 0 Å². The molecule has 0 aromatic heterocycles. The fourth-order valence-electron chi connectivity index (χ4n) is 6.19. The van der Waals surface area contributed by atoms with Gasteiger partial charge in [-0.2, -0.15) is 0 Å². The van der Waals surface area contributed by atoms with E-state index < -0.39 is 23.5 Å². The van der Waals surface area contributed by atoms with E-state index in [-0.39, 0.29) is 19.4 Å². The summed E-state index contributed by atoms with van der Waals surface area (Å²) in [6.07, 6.45) is 10.9. The number of carbonyl (C=O) groups is 1. The molecule has 5 nitrogen and oxygen atoms in total. The minimum atomic E-state index is -1.62. The number of hydrogen-bond acceptors (Lipinski definition) is 5. The van der Waals surface area contributed by atoms with E-state index >= 15 is 0 Å². The van der Waals surface area contributed by atoms with E-state index in [0.29, 0.717) is 16.9 Å². The Morgan fingerprint density at radius 3 is 2.66 bits per heavy atom. The number of esters is 1. The van der Waals surface area contributed by atoms with Gasteiger partial charge < -0.3 is 19.7 Å². The van der Waals surface area contributed by atoms with Crippen LogP contribution in [0, 0.1) is 17.3 Å². The van der Waals surface area contributed by atoms with Gasteiger partial charge in [0.1, 0.15) is 12.2 Å². The first-order valence-corrected chi connectivity index (χ1v) is 12.2. The molecule has 0 saturated heterocycles. The van der Waals surface area contributed by atoms with Gasteiger partial charge >= 0.3 is 5.97 Å². The highest BCUT2D eigenvalue weighted by molar-refractivity contribution is 5.71. The summed E-state index contributed by atoms with van der Waals surface area (Å²) in [7, 11) is 0. The Labute approximate surface area is 193 Å². The molecule has 0 aliphatic heterocycles. The van der Waals surface area contributed by atoms with E-state index in [0.717, 1.165) is 17.9 Å². The highest BCUT2D eigenvalue weighted by Crippen LogP contribution is 2.58. The Morgan fingerprint density at radius 2 is 2.00 bits per heavy atom. The summed E-state index contributed by atoms with van der Waals surface area (Å²) in [4.78, 5) is 12.0. The molecule has 5 heteroatoms. The van der Waals surface area contributed by atoms with Crippen molar-refractivity contribution in [3.05, 3.63) is 35.5 Å². The summed E-state index contributed by atoms with van der Waals surface area (Å²) in [6.45, 7) is 13.8. The maximum absolute atomic E-state index is 12.0. The van der Waals surface area contributed by atoms with Gasteiger partial charge in [0.2, 0.25) is 0 Å². The molecule has 0 aromatic rings. The van der Waals surface area contributed by atoms with Crippen molar-refractivity contribution in [2.45, 2.75) is 103 Å². The fourth-order valence-corrected chi connectivity index (χ4v) is 6.19. The monoisotopic (exact) mass is 446 g/mol. The highest BCUT2D eigenvalue weighted by Gasteiger charge is 2.48. The number of aliphatic hydroxyl groups is 2. The quantitative estimate of drug-likeness (QED) is 0.447. The molecule has 3 fully saturated rings. The van der Waals surface area contributed by atoms with Crippen molar-refractivity contribution in [3.8, 4) is 0 Å². The van der Waals surface area contributed by atoms with Crippen LogP contribution in [-0.2, 0) is 14.3 Å². The Balaban J connectivity index is 1.73. The van der Waals surface area contributed by atoms with Crippen LogP contribution in [-0.4, -0.2) is 40.3 Å². The van der Waals surface area contributed by atoms with Gasteiger partial charge in [0.25, 0.3) is 0 Å². The molecular weight excluding hydrogens is 404 g/mol. The third-order valence-corrected chi connectivity index (χ3v) is 7.82. The Kier molecular flexibility index (Phi) is 7.43. The fraction of sp³-hybridized carbons (Fsp3) is 0.741. The van der Waals surface area contributed by atoms with Crippen LogP contribution in [0.1, 0.15) is 86.0 Å². The maximum atomic E-state index is 12.0. The number of ether oxygens (including phenoxy) is 2. The second kappa shape index (κ2) is 9.44. The van der Waals surface area contributed by atoms with Crippen molar-refractivity contribution in [1.29, 1.82) is 0 Å². The minimum absolute atomic E-state index is 0.0125. The molecule has 3 saturated carbocycles. The molecule has 3 rings (SSSR count). The molecule has 0 heterocycles. The smallest absolute Gasteiger partial charge is 0.332 e. The van der Waals surface area contributed by atoms with Gasteiger partial charge in [-0.05, 0) is 81.3 Å². The molecule has 0 aromatic carbocycles. The lowest BCUT2D eigenvalue weighted by molar-refractivity contribution is -0.228. The zero-order valence-corrected chi connectivity index (χ0v) is 20.6. The molecule has 0 bridgehead atoms. The summed E-state index contributed by atoms with van der Waals surface area (Å²) in [6, 6.07) is 0. The average Bonchev–Trinajstić information content (AvgIpc) is 3.03. The third kappa shape index (κ3) is 5.55. The van der Waals surface area contributed by atoms with E-state index in [2.05, 4.69) is 26.5 Å². The maximum Gasteiger partial charge on any atom is 0.332 e. The number of carbonyl (C=O) groups excluding carboxylic acids is 1. The summed E-state index contributed by atoms with van der Waals surface area (Å²) < 4.78 is 10.8. The van der Waals surface area contributed by atoms with E-state index in [1.54, 1.807) is 20.8 Å². The van der Waals surface area contributed by atoms with Gasteiger partial charge in [-0.15, -0.1) is 0 Å². The Hall–Kier alpha value is -1.43. The topological polar surface area (TPSA) is 76.0 Å². The van der Waals surface area contributed by atoms with E-state index in [4.69, 9.17) is 9.47 Å². The molecule has 0 radical (unpaired) electrons. The lowest BCUT2D eigenvalue weighted by atomic mass is 9.63. The van der Waals surface area contributed by atoms with Crippen molar-refractivity contribution in [2.75, 3.05) is 6.61 Å². The molecule has 0 amide bonds. The number of aliphatic hydroxyl groups excluding tert-OH is 1. The minimum Gasteiger partial charge on any atom is -0.458 e. The van der Waals surface area contributed by atoms with Gasteiger partial charge in [-0.25, -0.2) is 4.79 Å². The Morgan fingerprint density at radius 1 is 1.28 bits per heavy atom. The van der Waals surface area contributed by atoms with Crippen molar-refractivity contribution in [3.63, 3.8) is 0 Å². The van der Waals surface area contributed by atoms with Crippen LogP contribution in [0.2, 0.25) is 0 Å². The molecule has 32 heavy (non-hydrogen) atoms. The lowest BCUT2D eigenvalue weighted by Crippen LogP contribution is -2.43. The van der Waals surface area contributed by atoms with Crippen molar-refractivity contribution < 1.29 is 24.5 Å². The summed E-state index contributed by atoms with van der Waals surface area (Å²) in [5.74, 6) is -0.752. The normalized spacial score (nSPS) is 38.2. The first kappa shape index (κ1) is 25.2. The molecular formula is C27H42O5. The summed E-state index contributed by atoms with van der Waals surface area (Å²) >= 11 is 0. The van der Waals surface area contributed by atoms with E-state index in [1.165, 1.54) is 37.7 Å². The third-order valence-electron chi connectivity index (χ3n) is 7.82. The lowest BCUT2D eigenvalue weighted by Gasteiger charge is -2.42.